The van der Waals surface area contributed by atoms with Crippen LogP contribution in [0.2, 0.25) is 0 Å². The van der Waals surface area contributed by atoms with Crippen LogP contribution in [0.5, 0.6) is 5.75 Å². The quantitative estimate of drug-likeness (QED) is 0.557. The zero-order valence-electron chi connectivity index (χ0n) is 18.6. The van der Waals surface area contributed by atoms with Gasteiger partial charge in [0.1, 0.15) is 11.8 Å². The Morgan fingerprint density at radius 1 is 1.03 bits per heavy atom. The standard InChI is InChI=1S/C25H28N4O4/c1-33-18-9-6-16(7-10-18)25(12-2-3-13-25)23(31)29-14-4-5-21(29)22(30)26-17-8-11-19-20(15-17)28-24(32)27-19/h6-11,15,21H,2-5,12-14H2,1H3,(H,26,30)(H2,27,28,32)/t21-/m1/s1. The SMILES string of the molecule is COc1ccc(C2(C(=O)N3CCC[C@@H]3C(=O)Nc3ccc4[nH]c(=O)[nH]c4c3)CCCC2)cc1. The first-order chi connectivity index (χ1) is 16.0. The molecule has 1 aromatic heterocycles. The van der Waals surface area contributed by atoms with Crippen LogP contribution in [0, 0.1) is 0 Å². The van der Waals surface area contributed by atoms with Crippen LogP contribution < -0.4 is 15.7 Å². The number of H-pyrrole nitrogens is 2. The average Bonchev–Trinajstić information content (AvgIpc) is 3.57. The fourth-order valence-electron chi connectivity index (χ4n) is 5.41. The van der Waals surface area contributed by atoms with Crippen molar-refractivity contribution in [1.82, 2.24) is 14.9 Å². The molecule has 172 valence electrons. The second-order valence-corrected chi connectivity index (χ2v) is 9.00. The Bertz CT molecular complexity index is 1240. The number of amides is 2. The summed E-state index contributed by atoms with van der Waals surface area (Å²) in [6.45, 7) is 0.582. The predicted octanol–water partition coefficient (Wildman–Crippen LogP) is 3.31. The number of aromatic nitrogens is 2. The van der Waals surface area contributed by atoms with E-state index in [1.165, 1.54) is 0 Å². The van der Waals surface area contributed by atoms with Crippen LogP contribution in [0.25, 0.3) is 11.0 Å². The van der Waals surface area contributed by atoms with Crippen molar-refractivity contribution in [3.8, 4) is 5.75 Å². The second kappa shape index (κ2) is 8.42. The van der Waals surface area contributed by atoms with Crippen LogP contribution >= 0.6 is 0 Å². The zero-order valence-corrected chi connectivity index (χ0v) is 18.6. The number of nitrogens with one attached hydrogen (secondary N) is 3. The Morgan fingerprint density at radius 3 is 2.48 bits per heavy atom. The Balaban J connectivity index is 1.38. The minimum Gasteiger partial charge on any atom is -0.497 e. The monoisotopic (exact) mass is 448 g/mol. The number of rotatable bonds is 5. The number of carbonyl (C=O) groups excluding carboxylic acids is 2. The number of ether oxygens (including phenoxy) is 1. The van der Waals surface area contributed by atoms with E-state index in [0.29, 0.717) is 29.7 Å². The normalized spacial score (nSPS) is 19.7. The molecule has 2 aliphatic rings. The number of methoxy groups -OCH3 is 1. The maximum absolute atomic E-state index is 13.9. The summed E-state index contributed by atoms with van der Waals surface area (Å²) in [4.78, 5) is 45.8. The number of benzene rings is 2. The number of hydrogen-bond acceptors (Lipinski definition) is 4. The van der Waals surface area contributed by atoms with E-state index in [4.69, 9.17) is 4.74 Å². The summed E-state index contributed by atoms with van der Waals surface area (Å²) in [6.07, 6.45) is 5.02. The van der Waals surface area contributed by atoms with Crippen LogP contribution in [0.4, 0.5) is 5.69 Å². The molecule has 0 radical (unpaired) electrons. The van der Waals surface area contributed by atoms with E-state index in [-0.39, 0.29) is 17.5 Å². The lowest BCUT2D eigenvalue weighted by Crippen LogP contribution is -2.51. The van der Waals surface area contributed by atoms with Crippen LogP contribution in [0.15, 0.2) is 47.3 Å². The van der Waals surface area contributed by atoms with Gasteiger partial charge in [-0.1, -0.05) is 25.0 Å². The van der Waals surface area contributed by atoms with Crippen LogP contribution in [-0.2, 0) is 15.0 Å². The highest BCUT2D eigenvalue weighted by Crippen LogP contribution is 2.44. The highest BCUT2D eigenvalue weighted by atomic mass is 16.5. The summed E-state index contributed by atoms with van der Waals surface area (Å²) in [5, 5.41) is 2.94. The molecule has 8 nitrogen and oxygen atoms in total. The van der Waals surface area contributed by atoms with Gasteiger partial charge in [-0.05, 0) is 61.6 Å². The van der Waals surface area contributed by atoms with Gasteiger partial charge >= 0.3 is 5.69 Å². The first-order valence-electron chi connectivity index (χ1n) is 11.5. The Morgan fingerprint density at radius 2 is 1.76 bits per heavy atom. The third-order valence-electron chi connectivity index (χ3n) is 7.11. The number of likely N-dealkylation sites (tertiary alicyclic amines) is 1. The Hall–Kier alpha value is -3.55. The third-order valence-corrected chi connectivity index (χ3v) is 7.11. The minimum atomic E-state index is -0.585. The van der Waals surface area contributed by atoms with E-state index >= 15 is 0 Å². The van der Waals surface area contributed by atoms with Gasteiger partial charge in [-0.25, -0.2) is 4.79 Å². The molecule has 1 atom stereocenters. The van der Waals surface area contributed by atoms with Gasteiger partial charge in [0.15, 0.2) is 0 Å². The lowest BCUT2D eigenvalue weighted by Gasteiger charge is -2.35. The predicted molar refractivity (Wildman–Crippen MR) is 125 cm³/mol. The molecule has 2 fully saturated rings. The van der Waals surface area contributed by atoms with Crippen molar-refractivity contribution in [2.24, 2.45) is 0 Å². The van der Waals surface area contributed by atoms with Gasteiger partial charge in [0.25, 0.3) is 0 Å². The molecule has 33 heavy (non-hydrogen) atoms. The number of nitrogens with zero attached hydrogens (tertiary/aromatic N) is 1. The van der Waals surface area contributed by atoms with Gasteiger partial charge < -0.3 is 24.9 Å². The molecule has 2 heterocycles. The number of fused-ring (bicyclic) bond motifs is 1. The van der Waals surface area contributed by atoms with Crippen LogP contribution in [-0.4, -0.2) is 46.4 Å². The van der Waals surface area contributed by atoms with Crippen molar-refractivity contribution in [2.75, 3.05) is 19.0 Å². The molecule has 2 amide bonds. The molecule has 3 aromatic rings. The molecule has 1 aliphatic heterocycles. The summed E-state index contributed by atoms with van der Waals surface area (Å²) in [5.74, 6) is 0.618. The molecule has 0 unspecified atom stereocenters. The summed E-state index contributed by atoms with van der Waals surface area (Å²) in [5.41, 5.74) is 2.02. The zero-order chi connectivity index (χ0) is 23.0. The van der Waals surface area contributed by atoms with Crippen molar-refractivity contribution >= 4 is 28.5 Å². The van der Waals surface area contributed by atoms with E-state index in [9.17, 15) is 14.4 Å². The number of aromatic amines is 2. The molecular formula is C25H28N4O4. The number of carbonyl (C=O) groups is 2. The molecule has 0 spiro atoms. The van der Waals surface area contributed by atoms with Crippen LogP contribution in [0.1, 0.15) is 44.1 Å². The third kappa shape index (κ3) is 3.79. The molecule has 2 aromatic carbocycles. The van der Waals surface area contributed by atoms with E-state index in [0.717, 1.165) is 43.4 Å². The molecule has 0 bridgehead atoms. The van der Waals surface area contributed by atoms with E-state index in [2.05, 4.69) is 15.3 Å². The van der Waals surface area contributed by atoms with Gasteiger partial charge in [0, 0.05) is 12.2 Å². The molecular weight excluding hydrogens is 420 g/mol. The van der Waals surface area contributed by atoms with E-state index in [1.807, 2.05) is 24.3 Å². The largest absolute Gasteiger partial charge is 0.497 e. The first-order valence-corrected chi connectivity index (χ1v) is 11.5. The summed E-state index contributed by atoms with van der Waals surface area (Å²) in [7, 11) is 1.63. The lowest BCUT2D eigenvalue weighted by atomic mass is 9.77. The molecule has 1 saturated carbocycles. The van der Waals surface area contributed by atoms with Gasteiger partial charge in [-0.2, -0.15) is 0 Å². The maximum atomic E-state index is 13.9. The average molecular weight is 449 g/mol. The van der Waals surface area contributed by atoms with Gasteiger partial charge in [-0.15, -0.1) is 0 Å². The van der Waals surface area contributed by atoms with Crippen molar-refractivity contribution < 1.29 is 14.3 Å². The van der Waals surface area contributed by atoms with Crippen molar-refractivity contribution in [3.63, 3.8) is 0 Å². The lowest BCUT2D eigenvalue weighted by molar-refractivity contribution is -0.141. The van der Waals surface area contributed by atoms with Crippen molar-refractivity contribution in [2.45, 2.75) is 50.0 Å². The first kappa shape index (κ1) is 21.3. The smallest absolute Gasteiger partial charge is 0.323 e. The molecule has 8 heteroatoms. The summed E-state index contributed by atoms with van der Waals surface area (Å²) >= 11 is 0. The molecule has 3 N–H and O–H groups in total. The van der Waals surface area contributed by atoms with Crippen molar-refractivity contribution in [3.05, 3.63) is 58.5 Å². The highest BCUT2D eigenvalue weighted by molar-refractivity contribution is 6.00. The van der Waals surface area contributed by atoms with Gasteiger partial charge in [0.05, 0.1) is 23.6 Å². The minimum absolute atomic E-state index is 0.0493. The number of hydrogen-bond donors (Lipinski definition) is 3. The van der Waals surface area contributed by atoms with E-state index in [1.54, 1.807) is 30.2 Å². The summed E-state index contributed by atoms with van der Waals surface area (Å²) < 4.78 is 5.29. The maximum Gasteiger partial charge on any atom is 0.323 e. The van der Waals surface area contributed by atoms with Crippen molar-refractivity contribution in [1.29, 1.82) is 0 Å². The Kier molecular flexibility index (Phi) is 5.44. The summed E-state index contributed by atoms with van der Waals surface area (Å²) in [6, 6.07) is 12.5. The molecule has 1 saturated heterocycles. The fourth-order valence-corrected chi connectivity index (χ4v) is 5.41. The van der Waals surface area contributed by atoms with E-state index < -0.39 is 11.5 Å². The second-order valence-electron chi connectivity index (χ2n) is 9.00. The molecule has 5 rings (SSSR count). The number of imidazole rings is 1. The Labute approximate surface area is 191 Å². The highest BCUT2D eigenvalue weighted by Gasteiger charge is 2.48. The topological polar surface area (TPSA) is 107 Å². The van der Waals surface area contributed by atoms with Crippen LogP contribution in [0.3, 0.4) is 0 Å². The fraction of sp³-hybridized carbons (Fsp3) is 0.400. The number of anilines is 1. The van der Waals surface area contributed by atoms with Gasteiger partial charge in [0.2, 0.25) is 11.8 Å². The molecule has 1 aliphatic carbocycles. The van der Waals surface area contributed by atoms with Gasteiger partial charge in [-0.3, -0.25) is 9.59 Å².